The molecule has 0 bridgehead atoms. The lowest BCUT2D eigenvalue weighted by molar-refractivity contribution is -0.118. The summed E-state index contributed by atoms with van der Waals surface area (Å²) in [7, 11) is 0. The third kappa shape index (κ3) is 2.78. The first-order chi connectivity index (χ1) is 8.56. The minimum absolute atomic E-state index is 0.0133. The summed E-state index contributed by atoms with van der Waals surface area (Å²) in [6.45, 7) is 1.75. The quantitative estimate of drug-likeness (QED) is 0.711. The predicted molar refractivity (Wildman–Crippen MR) is 64.6 cm³/mol. The van der Waals surface area contributed by atoms with E-state index in [1.807, 2.05) is 0 Å². The number of fused-ring (bicyclic) bond motifs is 1. The molecular formula is C12H14N2O4. The van der Waals surface area contributed by atoms with E-state index in [4.69, 9.17) is 9.84 Å². The Morgan fingerprint density at radius 2 is 2.39 bits per heavy atom. The molecule has 2 rings (SSSR count). The molecule has 0 saturated heterocycles. The topological polar surface area (TPSA) is 87.7 Å². The fourth-order valence-electron chi connectivity index (χ4n) is 1.57. The minimum Gasteiger partial charge on any atom is -0.482 e. The molecule has 18 heavy (non-hydrogen) atoms. The highest BCUT2D eigenvalue weighted by Crippen LogP contribution is 2.28. The Kier molecular flexibility index (Phi) is 3.47. The van der Waals surface area contributed by atoms with E-state index in [0.29, 0.717) is 17.0 Å². The summed E-state index contributed by atoms with van der Waals surface area (Å²) in [4.78, 5) is 22.9. The van der Waals surface area contributed by atoms with Crippen molar-refractivity contribution in [2.24, 2.45) is 0 Å². The zero-order chi connectivity index (χ0) is 13.1. The van der Waals surface area contributed by atoms with E-state index in [2.05, 4.69) is 10.6 Å². The molecule has 0 saturated carbocycles. The van der Waals surface area contributed by atoms with Crippen molar-refractivity contribution >= 4 is 17.5 Å². The highest BCUT2D eigenvalue weighted by Gasteiger charge is 2.17. The molecule has 1 aromatic rings. The number of carbonyl (C=O) groups is 2. The van der Waals surface area contributed by atoms with E-state index < -0.39 is 6.10 Å². The average molecular weight is 250 g/mol. The van der Waals surface area contributed by atoms with Gasteiger partial charge in [-0.25, -0.2) is 0 Å². The number of amides is 2. The van der Waals surface area contributed by atoms with E-state index in [0.717, 1.165) is 0 Å². The molecule has 1 aliphatic heterocycles. The van der Waals surface area contributed by atoms with Crippen molar-refractivity contribution in [2.45, 2.75) is 13.0 Å². The van der Waals surface area contributed by atoms with Gasteiger partial charge in [-0.2, -0.15) is 0 Å². The van der Waals surface area contributed by atoms with E-state index in [1.54, 1.807) is 25.1 Å². The summed E-state index contributed by atoms with van der Waals surface area (Å²) < 4.78 is 5.18. The van der Waals surface area contributed by atoms with Crippen molar-refractivity contribution < 1.29 is 19.4 Å². The van der Waals surface area contributed by atoms with Gasteiger partial charge in [0.2, 0.25) is 0 Å². The van der Waals surface area contributed by atoms with Crippen LogP contribution in [0.1, 0.15) is 17.3 Å². The van der Waals surface area contributed by atoms with Gasteiger partial charge in [-0.1, -0.05) is 0 Å². The van der Waals surface area contributed by atoms with Gasteiger partial charge in [-0.05, 0) is 25.1 Å². The Morgan fingerprint density at radius 1 is 1.61 bits per heavy atom. The van der Waals surface area contributed by atoms with Crippen LogP contribution in [0.5, 0.6) is 5.75 Å². The molecule has 6 nitrogen and oxygen atoms in total. The van der Waals surface area contributed by atoms with Gasteiger partial charge in [0.05, 0.1) is 11.8 Å². The molecule has 1 unspecified atom stereocenters. The van der Waals surface area contributed by atoms with Gasteiger partial charge < -0.3 is 20.5 Å². The summed E-state index contributed by atoms with van der Waals surface area (Å²) in [6, 6.07) is 4.78. The van der Waals surface area contributed by atoms with Gasteiger partial charge in [0.1, 0.15) is 5.75 Å². The molecule has 0 radical (unpaired) electrons. The van der Waals surface area contributed by atoms with Gasteiger partial charge in [0.15, 0.2) is 6.61 Å². The van der Waals surface area contributed by atoms with Crippen LogP contribution in [0.25, 0.3) is 0 Å². The number of benzene rings is 1. The lowest BCUT2D eigenvalue weighted by atomic mass is 10.1. The second-order valence-corrected chi connectivity index (χ2v) is 4.11. The van der Waals surface area contributed by atoms with Crippen LogP contribution in [-0.4, -0.2) is 36.2 Å². The molecule has 1 aromatic carbocycles. The summed E-state index contributed by atoms with van der Waals surface area (Å²) in [5.74, 6) is -0.00997. The van der Waals surface area contributed by atoms with Gasteiger partial charge in [-0.3, -0.25) is 9.59 Å². The molecule has 0 aliphatic carbocycles. The van der Waals surface area contributed by atoms with Crippen LogP contribution in [0.2, 0.25) is 0 Å². The number of rotatable bonds is 3. The molecule has 96 valence electrons. The third-order valence-electron chi connectivity index (χ3n) is 2.43. The molecule has 3 N–H and O–H groups in total. The summed E-state index contributed by atoms with van der Waals surface area (Å²) in [5, 5.41) is 14.3. The van der Waals surface area contributed by atoms with Crippen molar-refractivity contribution in [1.29, 1.82) is 0 Å². The van der Waals surface area contributed by atoms with Gasteiger partial charge in [-0.15, -0.1) is 0 Å². The molecular weight excluding hydrogens is 236 g/mol. The van der Waals surface area contributed by atoms with Crippen LogP contribution in [-0.2, 0) is 4.79 Å². The largest absolute Gasteiger partial charge is 0.482 e. The second-order valence-electron chi connectivity index (χ2n) is 4.11. The van der Waals surface area contributed by atoms with Gasteiger partial charge >= 0.3 is 0 Å². The van der Waals surface area contributed by atoms with Crippen LogP contribution in [0, 0.1) is 0 Å². The van der Waals surface area contributed by atoms with Crippen LogP contribution in [0.4, 0.5) is 5.69 Å². The first-order valence-electron chi connectivity index (χ1n) is 5.59. The van der Waals surface area contributed by atoms with Crippen LogP contribution in [0.15, 0.2) is 18.2 Å². The molecule has 0 spiro atoms. The normalized spacial score (nSPS) is 15.1. The summed E-state index contributed by atoms with van der Waals surface area (Å²) in [6.07, 6.45) is -0.602. The van der Waals surface area contributed by atoms with Crippen molar-refractivity contribution in [2.75, 3.05) is 18.5 Å². The summed E-state index contributed by atoms with van der Waals surface area (Å²) >= 11 is 0. The lowest BCUT2D eigenvalue weighted by Gasteiger charge is -2.18. The fraction of sp³-hybridized carbons (Fsp3) is 0.333. The zero-order valence-corrected chi connectivity index (χ0v) is 9.90. The van der Waals surface area contributed by atoms with E-state index in [9.17, 15) is 9.59 Å². The highest BCUT2D eigenvalue weighted by atomic mass is 16.5. The van der Waals surface area contributed by atoms with E-state index in [1.165, 1.54) is 0 Å². The van der Waals surface area contributed by atoms with Crippen LogP contribution < -0.4 is 15.4 Å². The SMILES string of the molecule is CC(O)CNC(=O)c1ccc2c(c1)NC(=O)CO2. The predicted octanol–water partition coefficient (Wildman–Crippen LogP) is 0.128. The van der Waals surface area contributed by atoms with Crippen molar-refractivity contribution in [3.63, 3.8) is 0 Å². The molecule has 1 heterocycles. The number of ether oxygens (including phenoxy) is 1. The van der Waals surface area contributed by atoms with Crippen molar-refractivity contribution in [1.82, 2.24) is 5.32 Å². The summed E-state index contributed by atoms with van der Waals surface area (Å²) in [5.41, 5.74) is 0.885. The molecule has 2 amide bonds. The number of carbonyl (C=O) groups excluding carboxylic acids is 2. The van der Waals surface area contributed by atoms with Crippen molar-refractivity contribution in [3.8, 4) is 5.75 Å². The smallest absolute Gasteiger partial charge is 0.262 e. The minimum atomic E-state index is -0.602. The Labute approximate surface area is 104 Å². The number of hydrogen-bond acceptors (Lipinski definition) is 4. The Balaban J connectivity index is 2.13. The Morgan fingerprint density at radius 3 is 3.11 bits per heavy atom. The van der Waals surface area contributed by atoms with Crippen LogP contribution in [0.3, 0.4) is 0 Å². The zero-order valence-electron chi connectivity index (χ0n) is 9.90. The standard InChI is InChI=1S/C12H14N2O4/c1-7(15)5-13-12(17)8-2-3-10-9(4-8)14-11(16)6-18-10/h2-4,7,15H,5-6H2,1H3,(H,13,17)(H,14,16). The number of anilines is 1. The maximum Gasteiger partial charge on any atom is 0.262 e. The molecule has 6 heteroatoms. The maximum absolute atomic E-state index is 11.7. The Bertz CT molecular complexity index is 485. The maximum atomic E-state index is 11.7. The van der Waals surface area contributed by atoms with Crippen LogP contribution >= 0.6 is 0 Å². The highest BCUT2D eigenvalue weighted by molar-refractivity contribution is 5.99. The number of aliphatic hydroxyl groups excluding tert-OH is 1. The number of nitrogens with one attached hydrogen (secondary N) is 2. The fourth-order valence-corrected chi connectivity index (χ4v) is 1.57. The first-order valence-corrected chi connectivity index (χ1v) is 5.59. The molecule has 1 atom stereocenters. The second kappa shape index (κ2) is 5.05. The van der Waals surface area contributed by atoms with Crippen molar-refractivity contribution in [3.05, 3.63) is 23.8 Å². The third-order valence-corrected chi connectivity index (χ3v) is 2.43. The first kappa shape index (κ1) is 12.4. The number of hydrogen-bond donors (Lipinski definition) is 3. The average Bonchev–Trinajstić information content (AvgIpc) is 2.34. The Hall–Kier alpha value is -2.08. The monoisotopic (exact) mass is 250 g/mol. The van der Waals surface area contributed by atoms with E-state index in [-0.39, 0.29) is 25.0 Å². The van der Waals surface area contributed by atoms with E-state index >= 15 is 0 Å². The molecule has 1 aliphatic rings. The molecule has 0 fully saturated rings. The number of aliphatic hydroxyl groups is 1. The lowest BCUT2D eigenvalue weighted by Crippen LogP contribution is -2.31. The molecule has 0 aromatic heterocycles. The van der Waals surface area contributed by atoms with Gasteiger partial charge in [0.25, 0.3) is 11.8 Å². The van der Waals surface area contributed by atoms with Gasteiger partial charge in [0, 0.05) is 12.1 Å².